The number of aromatic hydroxyl groups is 2. The molecule has 0 unspecified atom stereocenters. The number of methoxy groups -OCH3 is 1. The Bertz CT molecular complexity index is 1370. The summed E-state index contributed by atoms with van der Waals surface area (Å²) in [6, 6.07) is 13.9. The Labute approximate surface area is 194 Å². The fourth-order valence-corrected chi connectivity index (χ4v) is 3.68. The standard InChI is InChI=1S/C25H21F2N3O4/c1-29(14-15-11-16(26)7-8-24(15)34-2)25(33)18-12-17(22(31)13-23(18)32)20-9-10-28-30(20)21-6-4-3-5-19(21)27/h3-13,31-32H,14H2,1-2H3. The van der Waals surface area contributed by atoms with Gasteiger partial charge in [0.15, 0.2) is 0 Å². The zero-order valence-corrected chi connectivity index (χ0v) is 18.4. The number of benzene rings is 3. The summed E-state index contributed by atoms with van der Waals surface area (Å²) in [5, 5.41) is 25.0. The van der Waals surface area contributed by atoms with Crippen LogP contribution in [0, 0.1) is 11.6 Å². The number of aromatic nitrogens is 2. The highest BCUT2D eigenvalue weighted by molar-refractivity contribution is 5.98. The van der Waals surface area contributed by atoms with E-state index in [4.69, 9.17) is 4.74 Å². The van der Waals surface area contributed by atoms with E-state index in [1.165, 1.54) is 66.3 Å². The first-order valence-electron chi connectivity index (χ1n) is 10.2. The number of carbonyl (C=O) groups excluding carboxylic acids is 1. The van der Waals surface area contributed by atoms with Gasteiger partial charge in [-0.25, -0.2) is 13.5 Å². The van der Waals surface area contributed by atoms with E-state index in [0.717, 1.165) is 6.07 Å². The van der Waals surface area contributed by atoms with Crippen LogP contribution in [0.2, 0.25) is 0 Å². The molecule has 0 saturated carbocycles. The number of para-hydroxylation sites is 1. The average molecular weight is 465 g/mol. The molecule has 0 aliphatic carbocycles. The molecule has 0 radical (unpaired) electrons. The second-order valence-electron chi connectivity index (χ2n) is 7.58. The predicted octanol–water partition coefficient (Wildman–Crippen LogP) is 4.51. The van der Waals surface area contributed by atoms with Gasteiger partial charge >= 0.3 is 0 Å². The van der Waals surface area contributed by atoms with Crippen molar-refractivity contribution in [3.8, 4) is 34.2 Å². The van der Waals surface area contributed by atoms with Gasteiger partial charge in [-0.3, -0.25) is 4.79 Å². The number of halogens is 2. The summed E-state index contributed by atoms with van der Waals surface area (Å²) in [7, 11) is 2.93. The number of hydrogen-bond acceptors (Lipinski definition) is 5. The molecule has 0 atom stereocenters. The largest absolute Gasteiger partial charge is 0.507 e. The zero-order chi connectivity index (χ0) is 24.4. The molecule has 2 N–H and O–H groups in total. The maximum atomic E-state index is 14.4. The number of nitrogens with zero attached hydrogens (tertiary/aromatic N) is 3. The number of hydrogen-bond donors (Lipinski definition) is 2. The minimum absolute atomic E-state index is 0.00256. The summed E-state index contributed by atoms with van der Waals surface area (Å²) >= 11 is 0. The fraction of sp³-hybridized carbons (Fsp3) is 0.120. The number of phenolic OH excluding ortho intramolecular Hbond substituents is 2. The second kappa shape index (κ2) is 9.22. The van der Waals surface area contributed by atoms with Gasteiger partial charge in [-0.15, -0.1) is 0 Å². The Morgan fingerprint density at radius 3 is 2.56 bits per heavy atom. The van der Waals surface area contributed by atoms with Gasteiger partial charge in [-0.1, -0.05) is 12.1 Å². The number of rotatable bonds is 6. The summed E-state index contributed by atoms with van der Waals surface area (Å²) in [5.74, 6) is -1.94. The Hall–Kier alpha value is -4.40. The molecule has 0 aliphatic heterocycles. The van der Waals surface area contributed by atoms with E-state index in [1.807, 2.05) is 0 Å². The third-order valence-electron chi connectivity index (χ3n) is 5.34. The van der Waals surface area contributed by atoms with Crippen LogP contribution in [-0.4, -0.2) is 45.0 Å². The van der Waals surface area contributed by atoms with Crippen LogP contribution >= 0.6 is 0 Å². The molecule has 7 nitrogen and oxygen atoms in total. The molecule has 0 aliphatic rings. The van der Waals surface area contributed by atoms with E-state index in [1.54, 1.807) is 18.2 Å². The van der Waals surface area contributed by atoms with Gasteiger partial charge in [0, 0.05) is 30.8 Å². The first kappa shape index (κ1) is 22.8. The van der Waals surface area contributed by atoms with Crippen LogP contribution in [0.5, 0.6) is 17.2 Å². The van der Waals surface area contributed by atoms with E-state index in [9.17, 15) is 23.8 Å². The van der Waals surface area contributed by atoms with Gasteiger partial charge in [-0.2, -0.15) is 5.10 Å². The number of phenols is 2. The maximum absolute atomic E-state index is 14.4. The molecular weight excluding hydrogens is 444 g/mol. The van der Waals surface area contributed by atoms with Crippen molar-refractivity contribution >= 4 is 5.91 Å². The molecule has 0 bridgehead atoms. The number of amides is 1. The van der Waals surface area contributed by atoms with Crippen molar-refractivity contribution < 1.29 is 28.5 Å². The van der Waals surface area contributed by atoms with Crippen molar-refractivity contribution in [2.24, 2.45) is 0 Å². The molecule has 0 saturated heterocycles. The monoisotopic (exact) mass is 465 g/mol. The van der Waals surface area contributed by atoms with Crippen molar-refractivity contribution in [2.75, 3.05) is 14.2 Å². The lowest BCUT2D eigenvalue weighted by Gasteiger charge is -2.20. The lowest BCUT2D eigenvalue weighted by Crippen LogP contribution is -2.26. The minimum Gasteiger partial charge on any atom is -0.507 e. The fourth-order valence-electron chi connectivity index (χ4n) is 3.68. The predicted molar refractivity (Wildman–Crippen MR) is 121 cm³/mol. The highest BCUT2D eigenvalue weighted by Crippen LogP contribution is 2.36. The molecule has 3 aromatic carbocycles. The van der Waals surface area contributed by atoms with Gasteiger partial charge in [0.05, 0.1) is 24.6 Å². The van der Waals surface area contributed by atoms with Crippen LogP contribution in [0.3, 0.4) is 0 Å². The normalized spacial score (nSPS) is 10.8. The van der Waals surface area contributed by atoms with Gasteiger partial charge in [0.1, 0.15) is 34.6 Å². The summed E-state index contributed by atoms with van der Waals surface area (Å²) in [6.07, 6.45) is 1.43. The summed E-state index contributed by atoms with van der Waals surface area (Å²) in [5.41, 5.74) is 0.962. The Balaban J connectivity index is 1.71. The van der Waals surface area contributed by atoms with E-state index in [2.05, 4.69) is 5.10 Å². The second-order valence-corrected chi connectivity index (χ2v) is 7.58. The Kier molecular flexibility index (Phi) is 6.18. The molecule has 1 aromatic heterocycles. The first-order valence-corrected chi connectivity index (χ1v) is 10.2. The molecule has 174 valence electrons. The SMILES string of the molecule is COc1ccc(F)cc1CN(C)C(=O)c1cc(-c2ccnn2-c2ccccc2F)c(O)cc1O. The van der Waals surface area contributed by atoms with Crippen molar-refractivity contribution in [2.45, 2.75) is 6.54 Å². The molecule has 9 heteroatoms. The molecule has 0 spiro atoms. The van der Waals surface area contributed by atoms with Crippen LogP contribution in [0.15, 0.2) is 66.9 Å². The topological polar surface area (TPSA) is 87.8 Å². The lowest BCUT2D eigenvalue weighted by molar-refractivity contribution is 0.0781. The molecule has 1 amide bonds. The van der Waals surface area contributed by atoms with Crippen LogP contribution < -0.4 is 4.74 Å². The molecule has 34 heavy (non-hydrogen) atoms. The Morgan fingerprint density at radius 2 is 1.82 bits per heavy atom. The van der Waals surface area contributed by atoms with E-state index in [-0.39, 0.29) is 29.1 Å². The lowest BCUT2D eigenvalue weighted by atomic mass is 10.0. The third kappa shape index (κ3) is 4.27. The van der Waals surface area contributed by atoms with Gasteiger partial charge in [-0.05, 0) is 42.5 Å². The number of carbonyl (C=O) groups is 1. The highest BCUT2D eigenvalue weighted by Gasteiger charge is 2.22. The van der Waals surface area contributed by atoms with Crippen LogP contribution in [0.1, 0.15) is 15.9 Å². The summed E-state index contributed by atoms with van der Waals surface area (Å²) in [4.78, 5) is 14.4. The molecule has 1 heterocycles. The maximum Gasteiger partial charge on any atom is 0.257 e. The first-order chi connectivity index (χ1) is 16.3. The van der Waals surface area contributed by atoms with E-state index >= 15 is 0 Å². The summed E-state index contributed by atoms with van der Waals surface area (Å²) in [6.45, 7) is 0.00256. The zero-order valence-electron chi connectivity index (χ0n) is 18.4. The van der Waals surface area contributed by atoms with Crippen LogP contribution in [0.25, 0.3) is 16.9 Å². The van der Waals surface area contributed by atoms with Gasteiger partial charge < -0.3 is 19.8 Å². The van der Waals surface area contributed by atoms with Crippen LogP contribution in [-0.2, 0) is 6.54 Å². The summed E-state index contributed by atoms with van der Waals surface area (Å²) < 4.78 is 34.6. The van der Waals surface area contributed by atoms with E-state index < -0.39 is 23.3 Å². The van der Waals surface area contributed by atoms with Gasteiger partial charge in [0.2, 0.25) is 0 Å². The Morgan fingerprint density at radius 1 is 1.06 bits per heavy atom. The molecular formula is C25H21F2N3O4. The highest BCUT2D eigenvalue weighted by atomic mass is 19.1. The van der Waals surface area contributed by atoms with Gasteiger partial charge in [0.25, 0.3) is 5.91 Å². The van der Waals surface area contributed by atoms with Crippen molar-refractivity contribution in [1.82, 2.24) is 14.7 Å². The minimum atomic E-state index is -0.581. The smallest absolute Gasteiger partial charge is 0.257 e. The van der Waals surface area contributed by atoms with Crippen molar-refractivity contribution in [3.63, 3.8) is 0 Å². The van der Waals surface area contributed by atoms with Crippen molar-refractivity contribution in [1.29, 1.82) is 0 Å². The number of ether oxygens (including phenoxy) is 1. The quantitative estimate of drug-likeness (QED) is 0.438. The molecule has 0 fully saturated rings. The van der Waals surface area contributed by atoms with Crippen molar-refractivity contribution in [3.05, 3.63) is 89.6 Å². The molecule has 4 rings (SSSR count). The van der Waals surface area contributed by atoms with Crippen LogP contribution in [0.4, 0.5) is 8.78 Å². The average Bonchev–Trinajstić information content (AvgIpc) is 3.28. The third-order valence-corrected chi connectivity index (χ3v) is 5.34. The van der Waals surface area contributed by atoms with E-state index in [0.29, 0.717) is 17.0 Å². The molecule has 4 aromatic rings.